The predicted molar refractivity (Wildman–Crippen MR) is 118 cm³/mol. The van der Waals surface area contributed by atoms with Crippen molar-refractivity contribution in [2.75, 3.05) is 26.2 Å². The van der Waals surface area contributed by atoms with Crippen molar-refractivity contribution in [2.45, 2.75) is 66.6 Å². The molecule has 146 valence electrons. The van der Waals surface area contributed by atoms with Gasteiger partial charge in [-0.2, -0.15) is 5.10 Å². The van der Waals surface area contributed by atoms with Gasteiger partial charge in [-0.3, -0.25) is 14.6 Å². The Morgan fingerprint density at radius 3 is 2.44 bits per heavy atom. The van der Waals surface area contributed by atoms with Crippen molar-refractivity contribution in [2.24, 2.45) is 4.99 Å². The molecule has 0 spiro atoms. The van der Waals surface area contributed by atoms with Crippen LogP contribution >= 0.6 is 24.0 Å². The van der Waals surface area contributed by atoms with Crippen molar-refractivity contribution < 1.29 is 0 Å². The summed E-state index contributed by atoms with van der Waals surface area (Å²) in [5, 5.41) is 11.0. The van der Waals surface area contributed by atoms with Crippen molar-refractivity contribution in [1.29, 1.82) is 0 Å². The van der Waals surface area contributed by atoms with Gasteiger partial charge in [0, 0.05) is 44.5 Å². The highest BCUT2D eigenvalue weighted by Crippen LogP contribution is 2.05. The largest absolute Gasteiger partial charge is 0.357 e. The Kier molecular flexibility index (Phi) is 12.9. The zero-order chi connectivity index (χ0) is 17.9. The van der Waals surface area contributed by atoms with Gasteiger partial charge in [0.15, 0.2) is 5.96 Å². The summed E-state index contributed by atoms with van der Waals surface area (Å²) >= 11 is 0. The van der Waals surface area contributed by atoms with Crippen molar-refractivity contribution in [3.63, 3.8) is 0 Å². The third-order valence-electron chi connectivity index (χ3n) is 3.91. The Bertz CT molecular complexity index is 476. The molecule has 0 radical (unpaired) electrons. The lowest BCUT2D eigenvalue weighted by Gasteiger charge is -2.30. The third kappa shape index (κ3) is 10.0. The number of aryl methyl sites for hydroxylation is 1. The first-order valence-electron chi connectivity index (χ1n) is 9.21. The van der Waals surface area contributed by atoms with Gasteiger partial charge >= 0.3 is 0 Å². The van der Waals surface area contributed by atoms with Crippen molar-refractivity contribution >= 4 is 29.9 Å². The number of aliphatic imine (C=N–C) groups is 1. The summed E-state index contributed by atoms with van der Waals surface area (Å²) < 4.78 is 1.95. The summed E-state index contributed by atoms with van der Waals surface area (Å²) in [5.41, 5.74) is 1.19. The maximum Gasteiger partial charge on any atom is 0.191 e. The monoisotopic (exact) mass is 464 g/mol. The molecule has 0 aliphatic heterocycles. The fourth-order valence-corrected chi connectivity index (χ4v) is 2.78. The van der Waals surface area contributed by atoms with E-state index in [9.17, 15) is 0 Å². The van der Waals surface area contributed by atoms with Gasteiger partial charge in [-0.25, -0.2) is 0 Å². The van der Waals surface area contributed by atoms with E-state index in [1.807, 2.05) is 10.9 Å². The van der Waals surface area contributed by atoms with E-state index in [4.69, 9.17) is 0 Å². The van der Waals surface area contributed by atoms with Crippen LogP contribution in [0.2, 0.25) is 0 Å². The first-order chi connectivity index (χ1) is 11.4. The number of halogens is 1. The first-order valence-corrected chi connectivity index (χ1v) is 9.21. The quantitative estimate of drug-likeness (QED) is 0.242. The maximum absolute atomic E-state index is 4.68. The molecule has 1 aromatic rings. The smallest absolute Gasteiger partial charge is 0.191 e. The van der Waals surface area contributed by atoms with Gasteiger partial charge < -0.3 is 10.6 Å². The van der Waals surface area contributed by atoms with Crippen LogP contribution in [0.4, 0.5) is 0 Å². The van der Waals surface area contributed by atoms with E-state index >= 15 is 0 Å². The molecule has 25 heavy (non-hydrogen) atoms. The molecule has 1 aromatic heterocycles. The molecule has 0 unspecified atom stereocenters. The van der Waals surface area contributed by atoms with Crippen LogP contribution in [0.5, 0.6) is 0 Å². The van der Waals surface area contributed by atoms with Gasteiger partial charge in [-0.05, 0) is 53.5 Å². The number of nitrogens with one attached hydrogen (secondary N) is 2. The third-order valence-corrected chi connectivity index (χ3v) is 3.91. The molecule has 0 aromatic carbocycles. The summed E-state index contributed by atoms with van der Waals surface area (Å²) in [6, 6.07) is 1.16. The second kappa shape index (κ2) is 13.4. The molecule has 1 heterocycles. The van der Waals surface area contributed by atoms with E-state index in [-0.39, 0.29) is 24.0 Å². The van der Waals surface area contributed by atoms with Crippen LogP contribution < -0.4 is 10.6 Å². The average Bonchev–Trinajstić information content (AvgIpc) is 2.91. The molecule has 0 fully saturated rings. The molecular weight excluding hydrogens is 427 g/mol. The van der Waals surface area contributed by atoms with Crippen LogP contribution in [-0.4, -0.2) is 58.9 Å². The normalized spacial score (nSPS) is 12.0. The van der Waals surface area contributed by atoms with Crippen LogP contribution in [0.1, 0.15) is 46.6 Å². The maximum atomic E-state index is 4.68. The number of hydrogen-bond acceptors (Lipinski definition) is 3. The van der Waals surface area contributed by atoms with Crippen LogP contribution in [0.15, 0.2) is 17.4 Å². The van der Waals surface area contributed by atoms with E-state index in [0.717, 1.165) is 45.1 Å². The summed E-state index contributed by atoms with van der Waals surface area (Å²) in [7, 11) is 0. The summed E-state index contributed by atoms with van der Waals surface area (Å²) in [6.45, 7) is 17.6. The fraction of sp³-hybridized carbons (Fsp3) is 0.778. The van der Waals surface area contributed by atoms with Crippen LogP contribution in [0.3, 0.4) is 0 Å². The first kappa shape index (κ1) is 24.2. The topological polar surface area (TPSA) is 57.5 Å². The van der Waals surface area contributed by atoms with Crippen molar-refractivity contribution in [3.8, 4) is 0 Å². The van der Waals surface area contributed by atoms with E-state index in [1.165, 1.54) is 5.56 Å². The van der Waals surface area contributed by atoms with Gasteiger partial charge in [0.1, 0.15) is 0 Å². The van der Waals surface area contributed by atoms with Gasteiger partial charge in [-0.15, -0.1) is 24.0 Å². The van der Waals surface area contributed by atoms with Gasteiger partial charge in [0.05, 0.1) is 12.7 Å². The van der Waals surface area contributed by atoms with E-state index in [1.54, 1.807) is 0 Å². The molecule has 2 N–H and O–H groups in total. The molecule has 0 saturated heterocycles. The van der Waals surface area contributed by atoms with E-state index in [0.29, 0.717) is 12.1 Å². The minimum Gasteiger partial charge on any atom is -0.357 e. The fourth-order valence-electron chi connectivity index (χ4n) is 2.78. The summed E-state index contributed by atoms with van der Waals surface area (Å²) in [6.07, 6.45) is 5.01. The Morgan fingerprint density at radius 2 is 1.92 bits per heavy atom. The van der Waals surface area contributed by atoms with Crippen molar-refractivity contribution in [1.82, 2.24) is 25.3 Å². The SMILES string of the molecule is CCNC(=NCCCN(C(C)C)C(C)C)NCCn1cc(C)cn1.I. The average molecular weight is 464 g/mol. The van der Waals surface area contributed by atoms with Crippen LogP contribution in [0.25, 0.3) is 0 Å². The second-order valence-electron chi connectivity index (χ2n) is 6.75. The Balaban J connectivity index is 0.00000576. The van der Waals surface area contributed by atoms with E-state index in [2.05, 4.69) is 73.4 Å². The summed E-state index contributed by atoms with van der Waals surface area (Å²) in [5.74, 6) is 0.891. The molecule has 6 nitrogen and oxygen atoms in total. The van der Waals surface area contributed by atoms with Crippen LogP contribution in [-0.2, 0) is 6.54 Å². The number of nitrogens with zero attached hydrogens (tertiary/aromatic N) is 4. The molecule has 0 aliphatic rings. The number of aromatic nitrogens is 2. The predicted octanol–water partition coefficient (Wildman–Crippen LogP) is 2.87. The minimum absolute atomic E-state index is 0. The number of guanidine groups is 1. The Hall–Kier alpha value is -0.830. The van der Waals surface area contributed by atoms with Gasteiger partial charge in [0.25, 0.3) is 0 Å². The number of hydrogen-bond donors (Lipinski definition) is 2. The zero-order valence-electron chi connectivity index (χ0n) is 16.7. The highest BCUT2D eigenvalue weighted by atomic mass is 127. The molecule has 0 atom stereocenters. The van der Waals surface area contributed by atoms with E-state index < -0.39 is 0 Å². The molecule has 7 heteroatoms. The molecule has 0 bridgehead atoms. The van der Waals surface area contributed by atoms with Gasteiger partial charge in [0.2, 0.25) is 0 Å². The molecule has 0 amide bonds. The summed E-state index contributed by atoms with van der Waals surface area (Å²) in [4.78, 5) is 7.19. The lowest BCUT2D eigenvalue weighted by atomic mass is 10.2. The highest BCUT2D eigenvalue weighted by Gasteiger charge is 2.12. The highest BCUT2D eigenvalue weighted by molar-refractivity contribution is 14.0. The molecule has 1 rings (SSSR count). The second-order valence-corrected chi connectivity index (χ2v) is 6.75. The Morgan fingerprint density at radius 1 is 1.24 bits per heavy atom. The van der Waals surface area contributed by atoms with Crippen LogP contribution in [0, 0.1) is 6.92 Å². The zero-order valence-corrected chi connectivity index (χ0v) is 19.1. The number of rotatable bonds is 10. The lowest BCUT2D eigenvalue weighted by molar-refractivity contribution is 0.174. The van der Waals surface area contributed by atoms with Gasteiger partial charge in [-0.1, -0.05) is 0 Å². The molecular formula is C18H37IN6. The molecule has 0 aliphatic carbocycles. The van der Waals surface area contributed by atoms with Crippen molar-refractivity contribution in [3.05, 3.63) is 18.0 Å². The minimum atomic E-state index is 0. The standard InChI is InChI=1S/C18H36N6.HI/c1-7-19-18(21-10-12-23-14-17(6)13-22-23)20-9-8-11-24(15(2)3)16(4)5;/h13-16H,7-12H2,1-6H3,(H2,19,20,21);1H. The molecule has 0 saturated carbocycles. The Labute approximate surface area is 170 Å². The lowest BCUT2D eigenvalue weighted by Crippen LogP contribution is -2.39.